The van der Waals surface area contributed by atoms with Crippen LogP contribution in [-0.2, 0) is 16.2 Å². The van der Waals surface area contributed by atoms with Gasteiger partial charge in [0, 0.05) is 15.7 Å². The highest BCUT2D eigenvalue weighted by atomic mass is 79.9. The van der Waals surface area contributed by atoms with Gasteiger partial charge in [-0.05, 0) is 54.1 Å². The average Bonchev–Trinajstić information content (AvgIpc) is 2.88. The van der Waals surface area contributed by atoms with E-state index in [1.165, 1.54) is 13.3 Å². The van der Waals surface area contributed by atoms with Crippen molar-refractivity contribution in [2.24, 2.45) is 5.10 Å². The number of methoxy groups -OCH3 is 1. The summed E-state index contributed by atoms with van der Waals surface area (Å²) < 4.78 is 17.7. The molecule has 180 valence electrons. The summed E-state index contributed by atoms with van der Waals surface area (Å²) in [6.45, 7) is 4.26. The Hall–Kier alpha value is -4.11. The number of rotatable bonds is 10. The molecule has 3 aromatic rings. The van der Waals surface area contributed by atoms with E-state index >= 15 is 0 Å². The summed E-state index contributed by atoms with van der Waals surface area (Å²) in [5.74, 6) is -0.198. The van der Waals surface area contributed by atoms with Crippen LogP contribution in [-0.4, -0.2) is 31.7 Å². The van der Waals surface area contributed by atoms with Gasteiger partial charge in [0.05, 0.1) is 13.3 Å². The molecule has 0 aliphatic rings. The number of para-hydroxylation sites is 1. The second-order valence-corrected chi connectivity index (χ2v) is 7.99. The van der Waals surface area contributed by atoms with Crippen molar-refractivity contribution in [3.8, 4) is 17.2 Å². The minimum Gasteiger partial charge on any atom is -0.493 e. The Bertz CT molecular complexity index is 1190. The predicted octanol–water partition coefficient (Wildman–Crippen LogP) is 4.69. The number of nitrogens with zero attached hydrogens (tertiary/aromatic N) is 1. The first-order valence-electron chi connectivity index (χ1n) is 10.5. The molecular weight excluding hydrogens is 514 g/mol. The molecule has 2 N–H and O–H groups in total. The van der Waals surface area contributed by atoms with Gasteiger partial charge in [-0.1, -0.05) is 46.8 Å². The summed E-state index contributed by atoms with van der Waals surface area (Å²) in [7, 11) is 1.53. The molecule has 9 heteroatoms. The van der Waals surface area contributed by atoms with E-state index in [0.29, 0.717) is 41.7 Å². The molecule has 3 aromatic carbocycles. The predicted molar refractivity (Wildman–Crippen MR) is 138 cm³/mol. The molecule has 0 aliphatic carbocycles. The number of hydrazone groups is 1. The van der Waals surface area contributed by atoms with Crippen LogP contribution in [0.25, 0.3) is 0 Å². The summed E-state index contributed by atoms with van der Waals surface area (Å²) in [6, 6.07) is 19.6. The van der Waals surface area contributed by atoms with Gasteiger partial charge in [-0.2, -0.15) is 5.10 Å². The maximum atomic E-state index is 12.2. The van der Waals surface area contributed by atoms with Gasteiger partial charge in [0.1, 0.15) is 19.0 Å². The fourth-order valence-electron chi connectivity index (χ4n) is 2.87. The number of carbonyl (C=O) groups excluding carboxylic acids is 2. The smallest absolute Gasteiger partial charge is 0.329 e. The minimum atomic E-state index is -0.923. The van der Waals surface area contributed by atoms with Gasteiger partial charge in [-0.15, -0.1) is 0 Å². The number of carbonyl (C=O) groups is 2. The Kier molecular flexibility index (Phi) is 9.44. The maximum absolute atomic E-state index is 12.2. The van der Waals surface area contributed by atoms with Crippen molar-refractivity contribution >= 4 is 39.6 Å². The monoisotopic (exact) mass is 537 g/mol. The number of amides is 2. The van der Waals surface area contributed by atoms with E-state index in [2.05, 4.69) is 38.4 Å². The lowest BCUT2D eigenvalue weighted by molar-refractivity contribution is -0.136. The van der Waals surface area contributed by atoms with E-state index in [-0.39, 0.29) is 0 Å². The lowest BCUT2D eigenvalue weighted by atomic mass is 10.2. The fraction of sp³-hybridized carbons (Fsp3) is 0.115. The van der Waals surface area contributed by atoms with Gasteiger partial charge in [-0.25, -0.2) is 5.43 Å². The summed E-state index contributed by atoms with van der Waals surface area (Å²) in [5, 5.41) is 6.40. The molecule has 0 saturated heterocycles. The molecule has 0 fully saturated rings. The van der Waals surface area contributed by atoms with E-state index < -0.39 is 11.8 Å². The highest BCUT2D eigenvalue weighted by Gasteiger charge is 2.14. The van der Waals surface area contributed by atoms with Crippen LogP contribution < -0.4 is 25.0 Å². The summed E-state index contributed by atoms with van der Waals surface area (Å²) in [5.41, 5.74) is 4.19. The van der Waals surface area contributed by atoms with Crippen LogP contribution in [0.5, 0.6) is 17.2 Å². The average molecular weight is 538 g/mol. The van der Waals surface area contributed by atoms with Crippen molar-refractivity contribution in [1.29, 1.82) is 0 Å². The zero-order chi connectivity index (χ0) is 25.0. The number of nitrogens with one attached hydrogen (secondary N) is 2. The van der Waals surface area contributed by atoms with E-state index in [9.17, 15) is 9.59 Å². The highest BCUT2D eigenvalue weighted by molar-refractivity contribution is 9.10. The standard InChI is InChI=1S/C26H24BrN3O5/c1-3-15-34-22-13-11-21(12-14-22)29-25(31)26(32)30-28-16-19-5-4-6-23(33-2)24(19)35-17-18-7-9-20(27)10-8-18/h3-14,16H,1,15,17H2,2H3,(H,29,31)(H,30,32)/b28-16-. The Labute approximate surface area is 211 Å². The van der Waals surface area contributed by atoms with E-state index in [0.717, 1.165) is 10.0 Å². The molecule has 0 saturated carbocycles. The van der Waals surface area contributed by atoms with Crippen LogP contribution in [0.1, 0.15) is 11.1 Å². The molecule has 0 spiro atoms. The minimum absolute atomic E-state index is 0.306. The first-order valence-corrected chi connectivity index (χ1v) is 11.3. The molecule has 0 radical (unpaired) electrons. The number of benzene rings is 3. The van der Waals surface area contributed by atoms with Crippen molar-refractivity contribution in [3.05, 3.63) is 95.0 Å². The topological polar surface area (TPSA) is 98.2 Å². The first-order chi connectivity index (χ1) is 17.0. The number of halogens is 1. The Morgan fingerprint density at radius 3 is 2.43 bits per heavy atom. The maximum Gasteiger partial charge on any atom is 0.329 e. The SMILES string of the molecule is C=CCOc1ccc(NC(=O)C(=O)N/N=C\c2cccc(OC)c2OCc2ccc(Br)cc2)cc1. The summed E-state index contributed by atoms with van der Waals surface area (Å²) in [6.07, 6.45) is 3.01. The molecule has 0 aliphatic heterocycles. The van der Waals surface area contributed by atoms with Crippen molar-refractivity contribution in [3.63, 3.8) is 0 Å². The van der Waals surface area contributed by atoms with Crippen LogP contribution in [0, 0.1) is 0 Å². The van der Waals surface area contributed by atoms with Crippen molar-refractivity contribution in [2.75, 3.05) is 19.0 Å². The van der Waals surface area contributed by atoms with Gasteiger partial charge in [0.15, 0.2) is 11.5 Å². The lowest BCUT2D eigenvalue weighted by Crippen LogP contribution is -2.32. The molecule has 0 atom stereocenters. The zero-order valence-electron chi connectivity index (χ0n) is 19.0. The third-order valence-corrected chi connectivity index (χ3v) is 5.11. The molecule has 0 heterocycles. The van der Waals surface area contributed by atoms with Crippen molar-refractivity contribution in [2.45, 2.75) is 6.61 Å². The first kappa shape index (κ1) is 25.5. The third kappa shape index (κ3) is 7.72. The Balaban J connectivity index is 1.60. The quantitative estimate of drug-likeness (QED) is 0.169. The van der Waals surface area contributed by atoms with Gasteiger partial charge in [-0.3, -0.25) is 9.59 Å². The highest BCUT2D eigenvalue weighted by Crippen LogP contribution is 2.31. The second kappa shape index (κ2) is 13.0. The van der Waals surface area contributed by atoms with Crippen molar-refractivity contribution < 1.29 is 23.8 Å². The van der Waals surface area contributed by atoms with E-state index in [1.54, 1.807) is 48.5 Å². The van der Waals surface area contributed by atoms with Crippen LogP contribution in [0.15, 0.2) is 89.0 Å². The summed E-state index contributed by atoms with van der Waals surface area (Å²) >= 11 is 3.41. The lowest BCUT2D eigenvalue weighted by Gasteiger charge is -2.13. The number of hydrogen-bond acceptors (Lipinski definition) is 6. The molecule has 2 amide bonds. The van der Waals surface area contributed by atoms with E-state index in [1.807, 2.05) is 24.3 Å². The summed E-state index contributed by atoms with van der Waals surface area (Å²) in [4.78, 5) is 24.3. The van der Waals surface area contributed by atoms with Crippen LogP contribution in [0.2, 0.25) is 0 Å². The van der Waals surface area contributed by atoms with Gasteiger partial charge < -0.3 is 19.5 Å². The molecule has 8 nitrogen and oxygen atoms in total. The molecule has 0 bridgehead atoms. The second-order valence-electron chi connectivity index (χ2n) is 7.07. The van der Waals surface area contributed by atoms with Crippen molar-refractivity contribution in [1.82, 2.24) is 5.43 Å². The Morgan fingerprint density at radius 1 is 1.00 bits per heavy atom. The Morgan fingerprint density at radius 2 is 1.74 bits per heavy atom. The molecule has 35 heavy (non-hydrogen) atoms. The fourth-order valence-corrected chi connectivity index (χ4v) is 3.14. The van der Waals surface area contributed by atoms with E-state index in [4.69, 9.17) is 14.2 Å². The van der Waals surface area contributed by atoms with Crippen LogP contribution >= 0.6 is 15.9 Å². The number of ether oxygens (including phenoxy) is 3. The van der Waals surface area contributed by atoms with Crippen LogP contribution in [0.3, 0.4) is 0 Å². The van der Waals surface area contributed by atoms with Gasteiger partial charge in [0.25, 0.3) is 0 Å². The van der Waals surface area contributed by atoms with Gasteiger partial charge in [0.2, 0.25) is 0 Å². The molecular formula is C26H24BrN3O5. The molecule has 0 unspecified atom stereocenters. The van der Waals surface area contributed by atoms with Gasteiger partial charge >= 0.3 is 11.8 Å². The third-order valence-electron chi connectivity index (χ3n) is 4.58. The largest absolute Gasteiger partial charge is 0.493 e. The molecule has 0 aromatic heterocycles. The normalized spacial score (nSPS) is 10.5. The molecule has 3 rings (SSSR count). The zero-order valence-corrected chi connectivity index (χ0v) is 20.6. The van der Waals surface area contributed by atoms with Crippen LogP contribution in [0.4, 0.5) is 5.69 Å². The number of hydrogen-bond donors (Lipinski definition) is 2. The number of anilines is 1.